The Morgan fingerprint density at radius 1 is 0.258 bits per heavy atom. The molecule has 9 aromatic rings. The zero-order chi connectivity index (χ0) is 74.3. The Bertz CT molecular complexity index is 3420. The van der Waals surface area contributed by atoms with E-state index in [-0.39, 0.29) is 16.2 Å². The summed E-state index contributed by atoms with van der Waals surface area (Å²) in [5.41, 5.74) is 28.6. The molecule has 0 saturated heterocycles. The Morgan fingerprint density at radius 2 is 0.701 bits per heavy atom. The van der Waals surface area contributed by atoms with Crippen molar-refractivity contribution in [3.8, 4) is 0 Å². The Kier molecular flexibility index (Phi) is 38.0. The molecular weight excluding hydrogens is 1180 g/mol. The van der Waals surface area contributed by atoms with Gasteiger partial charge in [0.15, 0.2) is 0 Å². The Hall–Kier alpha value is -7.65. The molecule has 0 aliphatic carbocycles. The van der Waals surface area contributed by atoms with Crippen LogP contribution < -0.4 is 0 Å². The molecule has 0 N–H and O–H groups in total. The normalized spacial score (nSPS) is 10.9. The monoisotopic (exact) mass is 1310 g/mol. The summed E-state index contributed by atoms with van der Waals surface area (Å²) in [6, 6.07) is 27.2. The topological polar surface area (TPSA) is 116 Å². The third-order valence-electron chi connectivity index (χ3n) is 16.4. The zero-order valence-electron chi connectivity index (χ0n) is 67.3. The first-order valence-corrected chi connectivity index (χ1v) is 35.2. The van der Waals surface area contributed by atoms with Crippen molar-refractivity contribution < 1.29 is 0 Å². The fourth-order valence-electron chi connectivity index (χ4n) is 11.1. The lowest BCUT2D eigenvalue weighted by Crippen LogP contribution is -2.13. The third kappa shape index (κ3) is 33.0. The van der Waals surface area contributed by atoms with Crippen LogP contribution in [-0.4, -0.2) is 44.9 Å². The van der Waals surface area contributed by atoms with E-state index in [4.69, 9.17) is 0 Å². The molecule has 9 rings (SSSR count). The predicted octanol–water partition coefficient (Wildman–Crippen LogP) is 24.4. The predicted molar refractivity (Wildman–Crippen MR) is 420 cm³/mol. The van der Waals surface area contributed by atoms with Crippen molar-refractivity contribution >= 4 is 0 Å². The van der Waals surface area contributed by atoms with Crippen LogP contribution in [0.4, 0.5) is 0 Å². The molecule has 528 valence electrons. The fourth-order valence-corrected chi connectivity index (χ4v) is 11.1. The summed E-state index contributed by atoms with van der Waals surface area (Å²) in [6.07, 6.45) is 18.9. The maximum absolute atomic E-state index is 4.47. The highest BCUT2D eigenvalue weighted by molar-refractivity contribution is 5.32. The summed E-state index contributed by atoms with van der Waals surface area (Å²) in [6.45, 7) is 73.2. The fraction of sp³-hybridized carbons (Fsp3) is 0.489. The number of pyridine rings is 9. The maximum Gasteiger partial charge on any atom is 0.0461 e. The zero-order valence-corrected chi connectivity index (χ0v) is 67.3. The van der Waals surface area contributed by atoms with Gasteiger partial charge in [0.25, 0.3) is 0 Å². The number of aryl methyl sites for hydroxylation is 13. The second-order valence-corrected chi connectivity index (χ2v) is 30.8. The second-order valence-electron chi connectivity index (χ2n) is 30.8. The van der Waals surface area contributed by atoms with Crippen LogP contribution in [0.1, 0.15) is 304 Å². The largest absolute Gasteiger partial charge is 0.264 e. The SMILES string of the molecule is Cc1cc(C(C)C)c(C)cn1.Cc1cc(C)c(C(C)C)cn1.Cc1ccc(C(C)C)c(C)n1.Cc1ccc(C)c(C(C)C)n1.Cc1ccncc1C(C)(C)C.Cc1ccncc1C(C)C.Cc1cnccc1C(C)(C)C.Cc1ncccc1C(C)(C)C.Cc1ncccc1C(C)C. The Balaban J connectivity index is 0.000000546. The molecule has 0 spiro atoms. The van der Waals surface area contributed by atoms with E-state index in [0.717, 1.165) is 34.2 Å². The first-order chi connectivity index (χ1) is 44.9. The lowest BCUT2D eigenvalue weighted by molar-refractivity contribution is 0.582. The highest BCUT2D eigenvalue weighted by Crippen LogP contribution is 2.27. The van der Waals surface area contributed by atoms with Crippen molar-refractivity contribution in [3.63, 3.8) is 0 Å². The van der Waals surface area contributed by atoms with Crippen LogP contribution >= 0.6 is 0 Å². The standard InChI is InChI=1S/7C10H15N.2C9H13N/c1-7(2)10-5-9(4)11-6-8(10)3;1-7(2)10-6-11-9(4)5-8(10)3;1-8-7-11-6-5-9(8)10(2,3)4;1-8-5-6-11-7-9(8)10(2,3)4;1-8-9(10(2,3)4)6-5-7-11-8;1-7(2)10-6-5-8(3)11-9(10)4;1-7(2)10-8(3)5-6-9(4)11-10;1-7(2)9-6-10-5-4-8(9)3;1-7(2)9-5-4-6-10-8(9)3/h7*5-7H,1-4H3;2*4-7H,1-3H3. The number of hydrogen-bond acceptors (Lipinski definition) is 9. The van der Waals surface area contributed by atoms with Gasteiger partial charge in [0, 0.05) is 108 Å². The molecule has 0 aliphatic heterocycles. The number of aromatic nitrogens is 9. The number of nitrogens with zero attached hydrogens (tertiary/aromatic N) is 9. The molecule has 9 heteroatoms. The van der Waals surface area contributed by atoms with Gasteiger partial charge in [-0.1, -0.05) is 170 Å². The van der Waals surface area contributed by atoms with E-state index in [9.17, 15) is 0 Å². The van der Waals surface area contributed by atoms with Crippen molar-refractivity contribution in [2.45, 2.75) is 287 Å². The molecule has 0 fully saturated rings. The van der Waals surface area contributed by atoms with Gasteiger partial charge in [-0.2, -0.15) is 0 Å². The summed E-state index contributed by atoms with van der Waals surface area (Å²) >= 11 is 0. The van der Waals surface area contributed by atoms with Crippen molar-refractivity contribution in [2.75, 3.05) is 0 Å². The molecule has 0 unspecified atom stereocenters. The maximum atomic E-state index is 4.47. The Labute approximate surface area is 593 Å². The smallest absolute Gasteiger partial charge is 0.0461 e. The van der Waals surface area contributed by atoms with Crippen LogP contribution in [0, 0.1) is 90.0 Å². The van der Waals surface area contributed by atoms with Gasteiger partial charge in [-0.15, -0.1) is 0 Å². The molecule has 0 aromatic carbocycles. The van der Waals surface area contributed by atoms with E-state index in [2.05, 4.69) is 319 Å². The quantitative estimate of drug-likeness (QED) is 0.160. The van der Waals surface area contributed by atoms with Gasteiger partial charge in [-0.25, -0.2) is 0 Å². The van der Waals surface area contributed by atoms with Gasteiger partial charge in [0.1, 0.15) is 0 Å². The average molecular weight is 1320 g/mol. The van der Waals surface area contributed by atoms with Crippen molar-refractivity contribution in [3.05, 3.63) is 264 Å². The lowest BCUT2D eigenvalue weighted by Gasteiger charge is -2.20. The molecule has 0 aliphatic rings. The molecule has 0 atom stereocenters. The number of hydrogen-bond donors (Lipinski definition) is 0. The summed E-state index contributed by atoms with van der Waals surface area (Å²) in [7, 11) is 0. The van der Waals surface area contributed by atoms with E-state index in [1.165, 1.54) is 89.3 Å². The van der Waals surface area contributed by atoms with Crippen molar-refractivity contribution in [1.82, 2.24) is 44.9 Å². The molecule has 97 heavy (non-hydrogen) atoms. The van der Waals surface area contributed by atoms with Crippen molar-refractivity contribution in [1.29, 1.82) is 0 Å². The highest BCUT2D eigenvalue weighted by atomic mass is 14.7. The van der Waals surface area contributed by atoms with Crippen molar-refractivity contribution in [2.24, 2.45) is 0 Å². The summed E-state index contributed by atoms with van der Waals surface area (Å²) < 4.78 is 0. The van der Waals surface area contributed by atoms with E-state index in [1.807, 2.05) is 102 Å². The summed E-state index contributed by atoms with van der Waals surface area (Å²) in [5, 5.41) is 0. The Morgan fingerprint density at radius 3 is 1.09 bits per heavy atom. The number of rotatable bonds is 6. The van der Waals surface area contributed by atoms with E-state index < -0.39 is 0 Å². The van der Waals surface area contributed by atoms with Crippen LogP contribution in [0.3, 0.4) is 0 Å². The minimum Gasteiger partial charge on any atom is -0.264 e. The van der Waals surface area contributed by atoms with Crippen LogP contribution in [0.25, 0.3) is 0 Å². The van der Waals surface area contributed by atoms with Gasteiger partial charge in [-0.3, -0.25) is 44.9 Å². The van der Waals surface area contributed by atoms with Crippen LogP contribution in [0.2, 0.25) is 0 Å². The molecule has 0 bridgehead atoms. The summed E-state index contributed by atoms with van der Waals surface area (Å²) in [4.78, 5) is 38.0. The molecule has 9 heterocycles. The van der Waals surface area contributed by atoms with Gasteiger partial charge < -0.3 is 0 Å². The van der Waals surface area contributed by atoms with E-state index in [0.29, 0.717) is 35.5 Å². The van der Waals surface area contributed by atoms with Gasteiger partial charge in [0.05, 0.1) is 0 Å². The lowest BCUT2D eigenvalue weighted by atomic mass is 9.85. The van der Waals surface area contributed by atoms with Crippen LogP contribution in [0.15, 0.2) is 141 Å². The van der Waals surface area contributed by atoms with Gasteiger partial charge >= 0.3 is 0 Å². The second kappa shape index (κ2) is 42.2. The molecule has 9 nitrogen and oxygen atoms in total. The molecule has 0 amide bonds. The minimum absolute atomic E-state index is 0.221. The van der Waals surface area contributed by atoms with E-state index >= 15 is 0 Å². The third-order valence-corrected chi connectivity index (χ3v) is 16.4. The first-order valence-electron chi connectivity index (χ1n) is 35.2. The minimum atomic E-state index is 0.221. The molecular formula is C88H131N9. The van der Waals surface area contributed by atoms with Crippen LogP contribution in [0.5, 0.6) is 0 Å². The summed E-state index contributed by atoms with van der Waals surface area (Å²) in [5.74, 6) is 3.50. The molecule has 0 radical (unpaired) electrons. The van der Waals surface area contributed by atoms with Gasteiger partial charge in [0.2, 0.25) is 0 Å². The highest BCUT2D eigenvalue weighted by Gasteiger charge is 2.18. The molecule has 9 aromatic heterocycles. The average Bonchev–Trinajstić information content (AvgIpc) is 0.910. The molecule has 0 saturated carbocycles. The van der Waals surface area contributed by atoms with E-state index in [1.54, 1.807) is 0 Å². The van der Waals surface area contributed by atoms with Gasteiger partial charge in [-0.05, 0) is 274 Å². The first kappa shape index (κ1) is 87.4. The van der Waals surface area contributed by atoms with Crippen LogP contribution in [-0.2, 0) is 16.2 Å².